The Bertz CT molecular complexity index is 4500. The first kappa shape index (κ1) is 41.1. The van der Waals surface area contributed by atoms with Crippen LogP contribution in [0.1, 0.15) is 25.0 Å². The Hall–Kier alpha value is -8.76. The highest BCUT2D eigenvalue weighted by Gasteiger charge is 2.35. The number of thiophene rings is 1. The molecule has 1 aliphatic carbocycles. The zero-order chi connectivity index (χ0) is 47.7. The van der Waals surface area contributed by atoms with Crippen LogP contribution < -0.4 is 4.90 Å². The molecule has 0 saturated heterocycles. The van der Waals surface area contributed by atoms with E-state index in [1.54, 1.807) is 0 Å². The van der Waals surface area contributed by atoms with Crippen molar-refractivity contribution in [2.75, 3.05) is 4.90 Å². The van der Waals surface area contributed by atoms with Gasteiger partial charge in [0.15, 0.2) is 0 Å². The summed E-state index contributed by atoms with van der Waals surface area (Å²) in [5.41, 5.74) is 17.1. The Morgan fingerprint density at radius 2 is 0.875 bits per heavy atom. The molecule has 0 aliphatic heterocycles. The van der Waals surface area contributed by atoms with Gasteiger partial charge in [-0.3, -0.25) is 0 Å². The minimum absolute atomic E-state index is 0.0970. The molecule has 72 heavy (non-hydrogen) atoms. The van der Waals surface area contributed by atoms with Gasteiger partial charge in [0.25, 0.3) is 0 Å². The van der Waals surface area contributed by atoms with Crippen LogP contribution in [0.15, 0.2) is 243 Å². The summed E-state index contributed by atoms with van der Waals surface area (Å²) in [6.07, 6.45) is 0. The van der Waals surface area contributed by atoms with Crippen molar-refractivity contribution in [1.82, 2.24) is 4.57 Å². The summed E-state index contributed by atoms with van der Waals surface area (Å²) < 4.78 is 5.13. The Labute approximate surface area is 421 Å². The van der Waals surface area contributed by atoms with E-state index in [9.17, 15) is 0 Å². The van der Waals surface area contributed by atoms with Crippen LogP contribution >= 0.6 is 11.3 Å². The third-order valence-corrected chi connectivity index (χ3v) is 17.0. The predicted molar refractivity (Wildman–Crippen MR) is 309 cm³/mol. The molecule has 1 aliphatic rings. The maximum atomic E-state index is 2.49. The molecule has 0 amide bonds. The first-order valence-corrected chi connectivity index (χ1v) is 25.8. The fraction of sp³-hybridized carbons (Fsp3) is 0.0435. The Morgan fingerprint density at radius 3 is 1.62 bits per heavy atom. The van der Waals surface area contributed by atoms with Gasteiger partial charge in [-0.1, -0.05) is 178 Å². The molecule has 0 spiro atoms. The highest BCUT2D eigenvalue weighted by Crippen LogP contribution is 2.51. The zero-order valence-electron chi connectivity index (χ0n) is 39.9. The van der Waals surface area contributed by atoms with Crippen molar-refractivity contribution in [3.63, 3.8) is 0 Å². The normalized spacial score (nSPS) is 13.0. The van der Waals surface area contributed by atoms with E-state index >= 15 is 0 Å². The topological polar surface area (TPSA) is 8.17 Å². The van der Waals surface area contributed by atoms with Crippen molar-refractivity contribution < 1.29 is 0 Å². The molecule has 0 N–H and O–H groups in total. The Balaban J connectivity index is 0.895. The smallest absolute Gasteiger partial charge is 0.0541 e. The minimum Gasteiger partial charge on any atom is -0.310 e. The van der Waals surface area contributed by atoms with Crippen LogP contribution in [0.25, 0.3) is 113 Å². The predicted octanol–water partition coefficient (Wildman–Crippen LogP) is 19.7. The summed E-state index contributed by atoms with van der Waals surface area (Å²) in [7, 11) is 0. The number of benzene rings is 12. The van der Waals surface area contributed by atoms with Crippen LogP contribution in [0.2, 0.25) is 0 Å². The summed E-state index contributed by atoms with van der Waals surface area (Å²) in [6, 6.07) is 90.4. The number of hydrogen-bond acceptors (Lipinski definition) is 2. The Kier molecular flexibility index (Phi) is 8.91. The lowest BCUT2D eigenvalue weighted by atomic mass is 9.82. The van der Waals surface area contributed by atoms with Gasteiger partial charge in [0.1, 0.15) is 0 Å². The first-order valence-electron chi connectivity index (χ1n) is 25.0. The van der Waals surface area contributed by atoms with Gasteiger partial charge < -0.3 is 9.47 Å². The highest BCUT2D eigenvalue weighted by atomic mass is 32.1. The van der Waals surface area contributed by atoms with Gasteiger partial charge in [-0.05, 0) is 156 Å². The largest absolute Gasteiger partial charge is 0.310 e. The fourth-order valence-corrected chi connectivity index (χ4v) is 13.6. The van der Waals surface area contributed by atoms with Crippen LogP contribution in [0.4, 0.5) is 17.1 Å². The van der Waals surface area contributed by atoms with Gasteiger partial charge in [0.2, 0.25) is 0 Å². The number of hydrogen-bond donors (Lipinski definition) is 0. The van der Waals surface area contributed by atoms with Gasteiger partial charge in [-0.15, -0.1) is 11.3 Å². The van der Waals surface area contributed by atoms with E-state index in [0.29, 0.717) is 0 Å². The molecular formula is C69H46N2S. The second kappa shape index (κ2) is 15.6. The number of nitrogens with zero attached hydrogens (tertiary/aromatic N) is 2. The minimum atomic E-state index is -0.0970. The Morgan fingerprint density at radius 1 is 0.333 bits per heavy atom. The van der Waals surface area contributed by atoms with Gasteiger partial charge in [0.05, 0.1) is 11.0 Å². The van der Waals surface area contributed by atoms with Gasteiger partial charge in [0, 0.05) is 59.1 Å². The van der Waals surface area contributed by atoms with Crippen molar-refractivity contribution in [3.8, 4) is 39.1 Å². The number of para-hydroxylation sites is 1. The molecule has 12 aromatic carbocycles. The average Bonchev–Trinajstić information content (AvgIpc) is 4.06. The first-order chi connectivity index (χ1) is 35.5. The number of aromatic nitrogens is 1. The lowest BCUT2D eigenvalue weighted by molar-refractivity contribution is 0.660. The highest BCUT2D eigenvalue weighted by molar-refractivity contribution is 7.26. The number of rotatable bonds is 6. The second-order valence-corrected chi connectivity index (χ2v) is 21.1. The van der Waals surface area contributed by atoms with E-state index in [2.05, 4.69) is 266 Å². The molecule has 0 fully saturated rings. The summed E-state index contributed by atoms with van der Waals surface area (Å²) in [6.45, 7) is 4.71. The third kappa shape index (κ3) is 6.08. The van der Waals surface area contributed by atoms with E-state index in [4.69, 9.17) is 0 Å². The molecule has 15 rings (SSSR count). The molecule has 3 heteroatoms. The van der Waals surface area contributed by atoms with Crippen LogP contribution in [0.5, 0.6) is 0 Å². The molecule has 2 nitrogen and oxygen atoms in total. The van der Waals surface area contributed by atoms with E-state index in [1.165, 1.54) is 119 Å². The lowest BCUT2D eigenvalue weighted by Crippen LogP contribution is -2.16. The molecule has 0 atom stereocenters. The molecule has 338 valence electrons. The van der Waals surface area contributed by atoms with E-state index in [1.807, 2.05) is 11.3 Å². The summed E-state index contributed by atoms with van der Waals surface area (Å²) in [5, 5.41) is 12.8. The van der Waals surface area contributed by atoms with Gasteiger partial charge in [-0.2, -0.15) is 0 Å². The molecule has 0 unspecified atom stereocenters. The zero-order valence-corrected chi connectivity index (χ0v) is 40.7. The summed E-state index contributed by atoms with van der Waals surface area (Å²) >= 11 is 1.89. The van der Waals surface area contributed by atoms with Crippen molar-refractivity contribution in [2.24, 2.45) is 0 Å². The quantitative estimate of drug-likeness (QED) is 0.151. The van der Waals surface area contributed by atoms with Crippen LogP contribution in [0.3, 0.4) is 0 Å². The maximum absolute atomic E-state index is 2.49. The van der Waals surface area contributed by atoms with Crippen molar-refractivity contribution >= 4 is 103 Å². The van der Waals surface area contributed by atoms with Gasteiger partial charge in [-0.25, -0.2) is 0 Å². The number of fused-ring (bicyclic) bond motifs is 15. The van der Waals surface area contributed by atoms with E-state index in [0.717, 1.165) is 22.7 Å². The van der Waals surface area contributed by atoms with Gasteiger partial charge >= 0.3 is 0 Å². The maximum Gasteiger partial charge on any atom is 0.0541 e. The monoisotopic (exact) mass is 934 g/mol. The molecule has 2 aromatic heterocycles. The molecule has 2 heterocycles. The standard InChI is InChI=1S/C69H46N2S/c1-69(2)63-25-12-10-21-56(63)57-36-34-49(42-64(57)69)70(46-15-4-3-5-16-46)47-31-27-43(28-32-47)44-29-37-65-61(39-44)62-40-45(50-23-14-24-59-58-22-11-13-26-67(58)72-68(50)59)30-38-66(62)71(65)48-33-35-55-53-19-7-6-17-51(53)52-18-8-9-20-54(52)60(55)41-48/h3-42H,1-2H3. The van der Waals surface area contributed by atoms with Crippen molar-refractivity contribution in [2.45, 2.75) is 19.3 Å². The van der Waals surface area contributed by atoms with E-state index in [-0.39, 0.29) is 5.41 Å². The molecule has 0 bridgehead atoms. The molecular weight excluding hydrogens is 889 g/mol. The summed E-state index contributed by atoms with van der Waals surface area (Å²) in [5.74, 6) is 0. The number of anilines is 3. The van der Waals surface area contributed by atoms with E-state index < -0.39 is 0 Å². The summed E-state index contributed by atoms with van der Waals surface area (Å²) in [4.78, 5) is 2.40. The second-order valence-electron chi connectivity index (χ2n) is 20.0. The average molecular weight is 935 g/mol. The van der Waals surface area contributed by atoms with Crippen molar-refractivity contribution in [1.29, 1.82) is 0 Å². The molecule has 0 saturated carbocycles. The third-order valence-electron chi connectivity index (χ3n) is 15.8. The molecule has 0 radical (unpaired) electrons. The van der Waals surface area contributed by atoms with Crippen LogP contribution in [0, 0.1) is 0 Å². The van der Waals surface area contributed by atoms with Crippen LogP contribution in [-0.2, 0) is 5.41 Å². The lowest BCUT2D eigenvalue weighted by Gasteiger charge is -2.28. The van der Waals surface area contributed by atoms with Crippen LogP contribution in [-0.4, -0.2) is 4.57 Å². The van der Waals surface area contributed by atoms with Crippen molar-refractivity contribution in [3.05, 3.63) is 254 Å². The molecule has 14 aromatic rings. The SMILES string of the molecule is CC1(C)c2ccccc2-c2ccc(N(c3ccccc3)c3ccc(-c4ccc5c(c4)c4cc(-c6cccc7c6sc6ccccc67)ccc4n5-c4ccc5c6ccccc6c6ccccc6c5c4)cc3)cc21. The fourth-order valence-electron chi connectivity index (χ4n) is 12.3.